The number of hydrogen-bond donors (Lipinski definition) is 3. The van der Waals surface area contributed by atoms with Gasteiger partial charge >= 0.3 is 0 Å². The van der Waals surface area contributed by atoms with Gasteiger partial charge in [0.25, 0.3) is 0 Å². The van der Waals surface area contributed by atoms with Crippen molar-refractivity contribution in [1.82, 2.24) is 24.9 Å². The number of rotatable bonds is 5. The van der Waals surface area contributed by atoms with Gasteiger partial charge in [-0.05, 0) is 59.9 Å². The van der Waals surface area contributed by atoms with Crippen molar-refractivity contribution in [3.05, 3.63) is 29.1 Å². The Kier molecular flexibility index (Phi) is 5.45. The van der Waals surface area contributed by atoms with Crippen molar-refractivity contribution in [2.75, 3.05) is 30.4 Å². The Morgan fingerprint density at radius 2 is 2.00 bits per heavy atom. The maximum atomic E-state index is 12.4. The van der Waals surface area contributed by atoms with E-state index in [1.54, 1.807) is 12.1 Å². The molecule has 1 fully saturated rings. The summed E-state index contributed by atoms with van der Waals surface area (Å²) < 4.78 is 27.7. The number of H-pyrrole nitrogens is 1. The monoisotopic (exact) mass is 479 g/mol. The lowest BCUT2D eigenvalue weighted by Crippen LogP contribution is -2.33. The van der Waals surface area contributed by atoms with Crippen LogP contribution in [0.1, 0.15) is 19.8 Å². The topological polar surface area (TPSA) is 116 Å². The predicted octanol–water partition coefficient (Wildman–Crippen LogP) is 3.00. The number of hydrogen-bond acceptors (Lipinski definition) is 7. The van der Waals surface area contributed by atoms with Gasteiger partial charge in [-0.15, -0.1) is 0 Å². The maximum absolute atomic E-state index is 12.4. The Hall–Kier alpha value is -2.24. The van der Waals surface area contributed by atoms with Gasteiger partial charge < -0.3 is 10.2 Å². The second-order valence-electron chi connectivity index (χ2n) is 7.14. The zero-order valence-electron chi connectivity index (χ0n) is 16.1. The van der Waals surface area contributed by atoms with Crippen LogP contribution in [0.2, 0.25) is 0 Å². The minimum absolute atomic E-state index is 0.188. The van der Waals surface area contributed by atoms with Crippen LogP contribution in [0.25, 0.3) is 11.0 Å². The van der Waals surface area contributed by atoms with E-state index >= 15 is 0 Å². The second kappa shape index (κ2) is 7.88. The first kappa shape index (κ1) is 20.0. The van der Waals surface area contributed by atoms with Crippen LogP contribution in [0, 0.1) is 5.92 Å². The van der Waals surface area contributed by atoms with Crippen LogP contribution in [0.3, 0.4) is 0 Å². The molecule has 154 valence electrons. The number of nitrogens with zero attached hydrogens (tertiary/aromatic N) is 4. The zero-order valence-corrected chi connectivity index (χ0v) is 18.5. The molecule has 0 unspecified atom stereocenters. The SMILES string of the molecule is CNS(=O)(=O)c1ccc(N2CCC(C)CC2)c(Nc2ncnc3n[nH]c(Br)c23)c1. The number of nitrogens with one attached hydrogen (secondary N) is 3. The summed E-state index contributed by atoms with van der Waals surface area (Å²) in [5.41, 5.74) is 2.13. The summed E-state index contributed by atoms with van der Waals surface area (Å²) in [5, 5.41) is 11.0. The first-order chi connectivity index (χ1) is 13.9. The standard InChI is InChI=1S/C18H22BrN7O2S/c1-11-5-7-26(8-6-11)14-4-3-12(29(27,28)20-2)9-13(14)23-17-15-16(19)24-25-18(15)22-10-21-17/h3-4,9-11,20H,5-8H2,1-2H3,(H2,21,22,23,24,25). The molecule has 29 heavy (non-hydrogen) atoms. The highest BCUT2D eigenvalue weighted by atomic mass is 79.9. The summed E-state index contributed by atoms with van der Waals surface area (Å²) in [7, 11) is -2.18. The van der Waals surface area contributed by atoms with Crippen molar-refractivity contribution in [3.63, 3.8) is 0 Å². The zero-order chi connectivity index (χ0) is 20.6. The fourth-order valence-corrected chi connectivity index (χ4v) is 4.68. The molecule has 0 saturated carbocycles. The van der Waals surface area contributed by atoms with Crippen LogP contribution in [0.5, 0.6) is 0 Å². The van der Waals surface area contributed by atoms with E-state index in [0.717, 1.165) is 31.6 Å². The van der Waals surface area contributed by atoms with Crippen LogP contribution in [-0.4, -0.2) is 48.7 Å². The number of aromatic amines is 1. The van der Waals surface area contributed by atoms with Gasteiger partial charge in [-0.25, -0.2) is 23.1 Å². The molecule has 1 saturated heterocycles. The van der Waals surface area contributed by atoms with E-state index in [1.165, 1.54) is 13.4 Å². The molecule has 11 heteroatoms. The second-order valence-corrected chi connectivity index (χ2v) is 9.82. The molecule has 9 nitrogen and oxygen atoms in total. The van der Waals surface area contributed by atoms with Gasteiger partial charge in [-0.3, -0.25) is 5.10 Å². The Morgan fingerprint density at radius 1 is 1.24 bits per heavy atom. The lowest BCUT2D eigenvalue weighted by atomic mass is 9.98. The highest BCUT2D eigenvalue weighted by Crippen LogP contribution is 2.35. The Balaban J connectivity index is 1.80. The van der Waals surface area contributed by atoms with E-state index < -0.39 is 10.0 Å². The van der Waals surface area contributed by atoms with Crippen LogP contribution >= 0.6 is 15.9 Å². The van der Waals surface area contributed by atoms with E-state index in [4.69, 9.17) is 0 Å². The van der Waals surface area contributed by atoms with E-state index in [-0.39, 0.29) is 4.90 Å². The van der Waals surface area contributed by atoms with E-state index in [1.807, 2.05) is 6.07 Å². The highest BCUT2D eigenvalue weighted by molar-refractivity contribution is 9.10. The van der Waals surface area contributed by atoms with Crippen molar-refractivity contribution in [2.24, 2.45) is 5.92 Å². The summed E-state index contributed by atoms with van der Waals surface area (Å²) in [6.07, 6.45) is 3.62. The number of aromatic nitrogens is 4. The van der Waals surface area contributed by atoms with Crippen molar-refractivity contribution in [1.29, 1.82) is 0 Å². The number of piperidine rings is 1. The van der Waals surface area contributed by atoms with Crippen LogP contribution < -0.4 is 14.9 Å². The lowest BCUT2D eigenvalue weighted by molar-refractivity contribution is 0.438. The Labute approximate surface area is 177 Å². The molecule has 1 aliphatic heterocycles. The van der Waals surface area contributed by atoms with Crippen LogP contribution in [0.4, 0.5) is 17.2 Å². The first-order valence-electron chi connectivity index (χ1n) is 9.33. The molecular formula is C18H22BrN7O2S. The molecule has 0 bridgehead atoms. The molecule has 1 aromatic carbocycles. The van der Waals surface area contributed by atoms with E-state index in [2.05, 4.69) is 58.0 Å². The summed E-state index contributed by atoms with van der Waals surface area (Å²) in [4.78, 5) is 11.0. The maximum Gasteiger partial charge on any atom is 0.240 e. The van der Waals surface area contributed by atoms with Crippen molar-refractivity contribution < 1.29 is 8.42 Å². The largest absolute Gasteiger partial charge is 0.370 e. The van der Waals surface area contributed by atoms with Crippen molar-refractivity contribution in [3.8, 4) is 0 Å². The van der Waals surface area contributed by atoms with Gasteiger partial charge in [0.05, 0.1) is 21.7 Å². The Morgan fingerprint density at radius 3 is 2.72 bits per heavy atom. The first-order valence-corrected chi connectivity index (χ1v) is 11.6. The smallest absolute Gasteiger partial charge is 0.240 e. The molecule has 0 amide bonds. The fourth-order valence-electron chi connectivity index (χ4n) is 3.47. The van der Waals surface area contributed by atoms with Gasteiger partial charge in [-0.1, -0.05) is 6.92 Å². The summed E-state index contributed by atoms with van der Waals surface area (Å²) >= 11 is 3.44. The predicted molar refractivity (Wildman–Crippen MR) is 116 cm³/mol. The highest BCUT2D eigenvalue weighted by Gasteiger charge is 2.22. The van der Waals surface area contributed by atoms with Crippen LogP contribution in [0.15, 0.2) is 34.0 Å². The van der Waals surface area contributed by atoms with Crippen LogP contribution in [-0.2, 0) is 10.0 Å². The lowest BCUT2D eigenvalue weighted by Gasteiger charge is -2.33. The molecule has 4 rings (SSSR count). The normalized spacial score (nSPS) is 15.8. The minimum Gasteiger partial charge on any atom is -0.370 e. The van der Waals surface area contributed by atoms with Crippen molar-refractivity contribution in [2.45, 2.75) is 24.7 Å². The third kappa shape index (κ3) is 3.94. The number of benzene rings is 1. The third-order valence-electron chi connectivity index (χ3n) is 5.23. The molecule has 0 radical (unpaired) electrons. The summed E-state index contributed by atoms with van der Waals surface area (Å²) in [6, 6.07) is 5.13. The van der Waals surface area contributed by atoms with Gasteiger partial charge in [0.1, 0.15) is 16.7 Å². The minimum atomic E-state index is -3.58. The summed E-state index contributed by atoms with van der Waals surface area (Å²) in [5.74, 6) is 1.23. The van der Waals surface area contributed by atoms with Gasteiger partial charge in [0, 0.05) is 13.1 Å². The van der Waals surface area contributed by atoms with E-state index in [9.17, 15) is 8.42 Å². The Bertz CT molecular complexity index is 1140. The molecule has 0 atom stereocenters. The number of sulfonamides is 1. The molecular weight excluding hydrogens is 458 g/mol. The number of anilines is 3. The molecule has 3 N–H and O–H groups in total. The van der Waals surface area contributed by atoms with Crippen molar-refractivity contribution >= 4 is 54.2 Å². The molecule has 2 aromatic heterocycles. The fraction of sp³-hybridized carbons (Fsp3) is 0.389. The average molecular weight is 480 g/mol. The molecule has 3 aromatic rings. The van der Waals surface area contributed by atoms with E-state index in [0.29, 0.717) is 33.1 Å². The third-order valence-corrected chi connectivity index (χ3v) is 7.22. The quantitative estimate of drug-likeness (QED) is 0.514. The molecule has 0 aliphatic carbocycles. The molecule has 3 heterocycles. The van der Waals surface area contributed by atoms with Gasteiger partial charge in [-0.2, -0.15) is 5.10 Å². The molecule has 0 spiro atoms. The van der Waals surface area contributed by atoms with Gasteiger partial charge in [0.2, 0.25) is 10.0 Å². The summed E-state index contributed by atoms with van der Waals surface area (Å²) in [6.45, 7) is 4.10. The number of fused-ring (bicyclic) bond motifs is 1. The average Bonchev–Trinajstić information content (AvgIpc) is 3.11. The van der Waals surface area contributed by atoms with Gasteiger partial charge in [0.15, 0.2) is 5.65 Å². The number of halogens is 1. The molecule has 1 aliphatic rings.